The molecule has 3 heterocycles. The summed E-state index contributed by atoms with van der Waals surface area (Å²) in [6.45, 7) is 1.11. The van der Waals surface area contributed by atoms with Gasteiger partial charge in [0.05, 0.1) is 12.6 Å². The molecule has 0 N–H and O–H groups in total. The molecule has 1 aromatic heterocycles. The number of nitrogens with zero attached hydrogens (tertiary/aromatic N) is 2. The molecule has 1 atom stereocenters. The van der Waals surface area contributed by atoms with E-state index in [1.54, 1.807) is 6.07 Å². The fourth-order valence-corrected chi connectivity index (χ4v) is 4.10. The van der Waals surface area contributed by atoms with Crippen LogP contribution < -0.4 is 4.74 Å². The van der Waals surface area contributed by atoms with Crippen LogP contribution in [0.25, 0.3) is 11.3 Å². The molecule has 29 heavy (non-hydrogen) atoms. The highest BCUT2D eigenvalue weighted by Gasteiger charge is 2.34. The normalized spacial score (nSPS) is 18.0. The second-order valence-electron chi connectivity index (χ2n) is 7.32. The lowest BCUT2D eigenvalue weighted by Crippen LogP contribution is -2.31. The summed E-state index contributed by atoms with van der Waals surface area (Å²) in [5.74, 6) is -0.0460. The minimum atomic E-state index is -0.523. The minimum absolute atomic E-state index is 0.153. The van der Waals surface area contributed by atoms with E-state index in [9.17, 15) is 13.6 Å². The summed E-state index contributed by atoms with van der Waals surface area (Å²) in [6, 6.07) is 10.1. The Morgan fingerprint density at radius 3 is 2.93 bits per heavy atom. The fraction of sp³-hybridized carbons (Fsp3) is 0.273. The lowest BCUT2D eigenvalue weighted by Gasteiger charge is -2.24. The number of carbonyl (C=O) groups is 1. The molecule has 2 aliphatic rings. The first-order valence-electron chi connectivity index (χ1n) is 9.59. The van der Waals surface area contributed by atoms with E-state index in [2.05, 4.69) is 5.16 Å². The second kappa shape index (κ2) is 6.99. The molecule has 0 spiro atoms. The zero-order valence-corrected chi connectivity index (χ0v) is 15.5. The number of rotatable bonds is 3. The molecule has 1 amide bonds. The molecule has 0 bridgehead atoms. The van der Waals surface area contributed by atoms with Crippen LogP contribution in [0.5, 0.6) is 5.75 Å². The van der Waals surface area contributed by atoms with E-state index >= 15 is 0 Å². The summed E-state index contributed by atoms with van der Waals surface area (Å²) in [5, 5.41) is 3.93. The van der Waals surface area contributed by atoms with Gasteiger partial charge >= 0.3 is 0 Å². The van der Waals surface area contributed by atoms with Gasteiger partial charge in [-0.1, -0.05) is 5.16 Å². The highest BCUT2D eigenvalue weighted by atomic mass is 19.1. The maximum absolute atomic E-state index is 14.2. The fourth-order valence-electron chi connectivity index (χ4n) is 4.10. The summed E-state index contributed by atoms with van der Waals surface area (Å²) in [4.78, 5) is 14.6. The van der Waals surface area contributed by atoms with Crippen LogP contribution in [0.2, 0.25) is 0 Å². The van der Waals surface area contributed by atoms with Crippen LogP contribution in [0.1, 0.15) is 40.5 Å². The summed E-state index contributed by atoms with van der Waals surface area (Å²) >= 11 is 0. The van der Waals surface area contributed by atoms with E-state index in [-0.39, 0.29) is 17.2 Å². The molecule has 0 aliphatic carbocycles. The van der Waals surface area contributed by atoms with E-state index < -0.39 is 17.7 Å². The molecule has 5 nitrogen and oxygen atoms in total. The van der Waals surface area contributed by atoms with Gasteiger partial charge in [-0.3, -0.25) is 4.79 Å². The van der Waals surface area contributed by atoms with Crippen LogP contribution in [-0.2, 0) is 6.42 Å². The van der Waals surface area contributed by atoms with Crippen LogP contribution in [-0.4, -0.2) is 29.1 Å². The highest BCUT2D eigenvalue weighted by Crippen LogP contribution is 2.36. The van der Waals surface area contributed by atoms with Crippen LogP contribution in [0.3, 0.4) is 0 Å². The second-order valence-corrected chi connectivity index (χ2v) is 7.32. The van der Waals surface area contributed by atoms with Crippen molar-refractivity contribution >= 4 is 5.91 Å². The number of ether oxygens (including phenoxy) is 1. The monoisotopic (exact) mass is 396 g/mol. The average Bonchev–Trinajstić information content (AvgIpc) is 3.48. The van der Waals surface area contributed by atoms with Crippen LogP contribution >= 0.6 is 0 Å². The Balaban J connectivity index is 1.41. The zero-order valence-electron chi connectivity index (χ0n) is 15.5. The van der Waals surface area contributed by atoms with Crippen molar-refractivity contribution in [3.05, 3.63) is 70.9 Å². The lowest BCUT2D eigenvalue weighted by molar-refractivity contribution is 0.0723. The maximum atomic E-state index is 14.2. The number of aromatic nitrogens is 1. The smallest absolute Gasteiger partial charge is 0.276 e. The number of hydrogen-bond acceptors (Lipinski definition) is 4. The Bertz CT molecular complexity index is 1100. The SMILES string of the molecule is O=C(c1cc(-c2ccc3c(c2)CCO3)on1)N1CCCC1c1cc(F)ccc1F. The van der Waals surface area contributed by atoms with Gasteiger partial charge in [0.15, 0.2) is 11.5 Å². The Morgan fingerprint density at radius 1 is 1.14 bits per heavy atom. The Kier molecular flexibility index (Phi) is 4.30. The number of likely N-dealkylation sites (tertiary alicyclic amines) is 1. The van der Waals surface area contributed by atoms with E-state index in [4.69, 9.17) is 9.26 Å². The minimum Gasteiger partial charge on any atom is -0.493 e. The van der Waals surface area contributed by atoms with Gasteiger partial charge < -0.3 is 14.2 Å². The predicted octanol–water partition coefficient (Wildman–Crippen LogP) is 4.53. The molecule has 1 unspecified atom stereocenters. The Morgan fingerprint density at radius 2 is 2.03 bits per heavy atom. The summed E-state index contributed by atoms with van der Waals surface area (Å²) in [5.41, 5.74) is 2.25. The molecule has 5 rings (SSSR count). The number of amides is 1. The molecule has 0 saturated carbocycles. The number of halogens is 2. The summed E-state index contributed by atoms with van der Waals surface area (Å²) in [7, 11) is 0. The number of benzene rings is 2. The number of carbonyl (C=O) groups excluding carboxylic acids is 1. The summed E-state index contributed by atoms with van der Waals surface area (Å²) < 4.78 is 38.8. The van der Waals surface area contributed by atoms with Crippen LogP contribution in [0, 0.1) is 11.6 Å². The largest absolute Gasteiger partial charge is 0.493 e. The average molecular weight is 396 g/mol. The van der Waals surface area contributed by atoms with Gasteiger partial charge in [0.2, 0.25) is 0 Å². The molecule has 148 valence electrons. The van der Waals surface area contributed by atoms with Crippen molar-refractivity contribution in [1.29, 1.82) is 0 Å². The predicted molar refractivity (Wildman–Crippen MR) is 101 cm³/mol. The van der Waals surface area contributed by atoms with Gasteiger partial charge in [0, 0.05) is 30.2 Å². The van der Waals surface area contributed by atoms with Gasteiger partial charge in [-0.2, -0.15) is 0 Å². The Labute approximate surface area is 165 Å². The van der Waals surface area contributed by atoms with Gasteiger partial charge in [0.1, 0.15) is 17.4 Å². The lowest BCUT2D eigenvalue weighted by atomic mass is 10.0. The third-order valence-electron chi connectivity index (χ3n) is 5.53. The highest BCUT2D eigenvalue weighted by molar-refractivity contribution is 5.93. The first-order valence-corrected chi connectivity index (χ1v) is 9.59. The van der Waals surface area contributed by atoms with Crippen molar-refractivity contribution in [2.45, 2.75) is 25.3 Å². The van der Waals surface area contributed by atoms with Crippen molar-refractivity contribution in [3.8, 4) is 17.1 Å². The van der Waals surface area contributed by atoms with E-state index in [0.29, 0.717) is 31.8 Å². The van der Waals surface area contributed by atoms with E-state index in [1.807, 2.05) is 18.2 Å². The molecule has 1 saturated heterocycles. The van der Waals surface area contributed by atoms with Gasteiger partial charge in [-0.05, 0) is 54.8 Å². The molecule has 0 radical (unpaired) electrons. The number of hydrogen-bond donors (Lipinski definition) is 0. The molecule has 1 fully saturated rings. The first kappa shape index (κ1) is 17.8. The van der Waals surface area contributed by atoms with Crippen LogP contribution in [0.4, 0.5) is 8.78 Å². The van der Waals surface area contributed by atoms with Crippen molar-refractivity contribution in [3.63, 3.8) is 0 Å². The topological polar surface area (TPSA) is 55.6 Å². The van der Waals surface area contributed by atoms with Crippen LogP contribution in [0.15, 0.2) is 47.0 Å². The standard InChI is InChI=1S/C22H18F2N2O3/c23-15-4-5-17(24)16(11-15)19-2-1-8-26(19)22(27)18-12-21(29-25-18)13-3-6-20-14(10-13)7-9-28-20/h3-6,10-12,19H,1-2,7-9H2. The quantitative estimate of drug-likeness (QED) is 0.653. The van der Waals surface area contributed by atoms with E-state index in [0.717, 1.165) is 41.5 Å². The third kappa shape index (κ3) is 3.16. The molecule has 2 aliphatic heterocycles. The van der Waals surface area contributed by atoms with Crippen molar-refractivity contribution in [1.82, 2.24) is 10.1 Å². The summed E-state index contributed by atoms with van der Waals surface area (Å²) in [6.07, 6.45) is 2.11. The molecule has 7 heteroatoms. The molecule has 2 aromatic carbocycles. The molecule has 3 aromatic rings. The van der Waals surface area contributed by atoms with Gasteiger partial charge in [0.25, 0.3) is 5.91 Å². The molecular weight excluding hydrogens is 378 g/mol. The third-order valence-corrected chi connectivity index (χ3v) is 5.53. The van der Waals surface area contributed by atoms with Crippen molar-refractivity contribution in [2.75, 3.05) is 13.2 Å². The van der Waals surface area contributed by atoms with E-state index in [1.165, 1.54) is 4.90 Å². The van der Waals surface area contributed by atoms with Crippen molar-refractivity contribution in [2.24, 2.45) is 0 Å². The molecular formula is C22H18F2N2O3. The number of fused-ring (bicyclic) bond motifs is 1. The van der Waals surface area contributed by atoms with Crippen molar-refractivity contribution < 1.29 is 22.8 Å². The van der Waals surface area contributed by atoms with Gasteiger partial charge in [-0.15, -0.1) is 0 Å². The zero-order chi connectivity index (χ0) is 20.0. The van der Waals surface area contributed by atoms with Gasteiger partial charge in [-0.25, -0.2) is 8.78 Å². The Hall–Kier alpha value is -3.22. The maximum Gasteiger partial charge on any atom is 0.276 e. The first-order chi connectivity index (χ1) is 14.1.